The van der Waals surface area contributed by atoms with E-state index in [0.29, 0.717) is 52.7 Å². The lowest BCUT2D eigenvalue weighted by atomic mass is 10.1. The van der Waals surface area contributed by atoms with Gasteiger partial charge in [-0.05, 0) is 76.8 Å². The zero-order valence-corrected chi connectivity index (χ0v) is 28.4. The predicted octanol–water partition coefficient (Wildman–Crippen LogP) is 3.04. The van der Waals surface area contributed by atoms with E-state index in [9.17, 15) is 24.0 Å². The molecule has 0 bridgehead atoms. The number of imidazole rings is 1. The largest absolute Gasteiger partial charge is 0.444 e. The van der Waals surface area contributed by atoms with Crippen molar-refractivity contribution in [1.29, 1.82) is 0 Å². The maximum absolute atomic E-state index is 13.6. The molecule has 2 aromatic heterocycles. The van der Waals surface area contributed by atoms with E-state index in [2.05, 4.69) is 31.2 Å². The van der Waals surface area contributed by atoms with Crippen molar-refractivity contribution in [3.05, 3.63) is 69.7 Å². The number of hydrogen-bond donors (Lipinski definition) is 5. The van der Waals surface area contributed by atoms with Crippen molar-refractivity contribution in [1.82, 2.24) is 35.8 Å². The number of ether oxygens (including phenoxy) is 1. The molecular weight excluding hydrogens is 677 g/mol. The molecule has 49 heavy (non-hydrogen) atoms. The first-order valence-corrected chi connectivity index (χ1v) is 16.4. The van der Waals surface area contributed by atoms with Gasteiger partial charge in [-0.3, -0.25) is 28.7 Å². The number of carbonyl (C=O) groups is 5. The third kappa shape index (κ3) is 7.05. The average Bonchev–Trinajstić information content (AvgIpc) is 3.93. The lowest BCUT2D eigenvalue weighted by Crippen LogP contribution is -2.52. The highest BCUT2D eigenvalue weighted by Crippen LogP contribution is 2.47. The third-order valence-electron chi connectivity index (χ3n) is 8.30. The molecule has 0 unspecified atom stereocenters. The zero-order valence-electron chi connectivity index (χ0n) is 26.9. The molecule has 3 aromatic rings. The summed E-state index contributed by atoms with van der Waals surface area (Å²) in [7, 11) is 0. The molecule has 3 aliphatic rings. The fourth-order valence-corrected chi connectivity index (χ4v) is 6.02. The highest BCUT2D eigenvalue weighted by atomic mass is 35.5. The summed E-state index contributed by atoms with van der Waals surface area (Å²) >= 11 is 12.3. The Morgan fingerprint density at radius 1 is 0.939 bits per heavy atom. The standard InChI is InChI=1S/C32H35Cl2N9O6/c1-30(2,3)49-29(48)37-11-10-36-24(44)17-4-5-22(38-15-17)31(6-7-31)41-27(47)32(8-9-32)40-25(45)21-16-39-28-42(26(46)23(35)43(21)28)20-13-18(33)12-19(34)14-20/h4-5,12-16,23H,6-11,35H2,1-3H3,(H,36,44)(H,37,48)(H,40,45)(H,41,47)/t23-/m1/s1. The van der Waals surface area contributed by atoms with Gasteiger partial charge in [0.1, 0.15) is 16.8 Å². The quantitative estimate of drug-likeness (QED) is 0.196. The van der Waals surface area contributed by atoms with E-state index >= 15 is 0 Å². The minimum Gasteiger partial charge on any atom is -0.444 e. The van der Waals surface area contributed by atoms with Gasteiger partial charge in [0.25, 0.3) is 17.7 Å². The van der Waals surface area contributed by atoms with Crippen molar-refractivity contribution >= 4 is 64.6 Å². The maximum Gasteiger partial charge on any atom is 0.407 e. The van der Waals surface area contributed by atoms with Crippen LogP contribution in [0, 0.1) is 0 Å². The Hall–Kier alpha value is -4.73. The molecule has 2 aliphatic carbocycles. The molecule has 6 rings (SSSR count). The van der Waals surface area contributed by atoms with E-state index in [4.69, 9.17) is 33.7 Å². The summed E-state index contributed by atoms with van der Waals surface area (Å²) in [5.41, 5.74) is 4.98. The molecule has 0 saturated heterocycles. The molecule has 3 heterocycles. The van der Waals surface area contributed by atoms with E-state index in [1.54, 1.807) is 32.9 Å². The molecule has 1 aliphatic heterocycles. The number of pyridine rings is 1. The number of alkyl carbamates (subject to hydrolysis) is 1. The zero-order chi connectivity index (χ0) is 35.3. The second-order valence-electron chi connectivity index (χ2n) is 13.2. The first kappa shape index (κ1) is 34.1. The van der Waals surface area contributed by atoms with Gasteiger partial charge in [-0.1, -0.05) is 23.2 Å². The second-order valence-corrected chi connectivity index (χ2v) is 14.1. The lowest BCUT2D eigenvalue weighted by Gasteiger charge is -2.23. The Bertz CT molecular complexity index is 1830. The number of halogens is 2. The van der Waals surface area contributed by atoms with Gasteiger partial charge in [-0.25, -0.2) is 14.7 Å². The van der Waals surface area contributed by atoms with E-state index in [0.717, 1.165) is 0 Å². The summed E-state index contributed by atoms with van der Waals surface area (Å²) in [6.07, 6.45) is 3.01. The fraction of sp³-hybridized carbons (Fsp3) is 0.406. The molecular formula is C32H35Cl2N9O6. The number of nitrogens with zero attached hydrogens (tertiary/aromatic N) is 4. The summed E-state index contributed by atoms with van der Waals surface area (Å²) in [5.74, 6) is -1.76. The number of carbonyl (C=O) groups excluding carboxylic acids is 5. The monoisotopic (exact) mass is 711 g/mol. The third-order valence-corrected chi connectivity index (χ3v) is 8.74. The van der Waals surface area contributed by atoms with Gasteiger partial charge in [0, 0.05) is 29.3 Å². The molecule has 0 spiro atoms. The van der Waals surface area contributed by atoms with Gasteiger partial charge in [-0.15, -0.1) is 0 Å². The van der Waals surface area contributed by atoms with Gasteiger partial charge < -0.3 is 31.7 Å². The molecule has 5 amide bonds. The summed E-state index contributed by atoms with van der Waals surface area (Å²) < 4.78 is 6.47. The highest BCUT2D eigenvalue weighted by molar-refractivity contribution is 6.35. The highest BCUT2D eigenvalue weighted by Gasteiger charge is 2.56. The molecule has 2 fully saturated rings. The molecule has 1 aromatic carbocycles. The van der Waals surface area contributed by atoms with Gasteiger partial charge in [0.05, 0.1) is 28.7 Å². The van der Waals surface area contributed by atoms with E-state index in [1.165, 1.54) is 40.1 Å². The van der Waals surface area contributed by atoms with Gasteiger partial charge in [0.2, 0.25) is 11.9 Å². The van der Waals surface area contributed by atoms with Gasteiger partial charge >= 0.3 is 6.09 Å². The molecule has 0 radical (unpaired) electrons. The first-order valence-electron chi connectivity index (χ1n) is 15.6. The van der Waals surface area contributed by atoms with Crippen LogP contribution >= 0.6 is 23.2 Å². The van der Waals surface area contributed by atoms with Crippen LogP contribution in [0.15, 0.2) is 42.7 Å². The van der Waals surface area contributed by atoms with Gasteiger partial charge in [0.15, 0.2) is 6.17 Å². The molecule has 1 atom stereocenters. The summed E-state index contributed by atoms with van der Waals surface area (Å²) in [4.78, 5) is 74.5. The van der Waals surface area contributed by atoms with E-state index in [1.807, 2.05) is 0 Å². The van der Waals surface area contributed by atoms with E-state index in [-0.39, 0.29) is 36.5 Å². The minimum atomic E-state index is -1.24. The summed E-state index contributed by atoms with van der Waals surface area (Å²) in [6, 6.07) is 7.89. The van der Waals surface area contributed by atoms with Crippen LogP contribution in [0.1, 0.15) is 79.2 Å². The Morgan fingerprint density at radius 3 is 2.20 bits per heavy atom. The SMILES string of the molecule is CC(C)(C)OC(=O)NCCNC(=O)c1ccc(C2(NC(=O)C3(NC(=O)c4cnc5n4[C@@H](N)C(=O)N5c4cc(Cl)cc(Cl)c4)CC3)CC2)nc1. The molecule has 258 valence electrons. The van der Waals surface area contributed by atoms with Crippen molar-refractivity contribution in [2.24, 2.45) is 5.73 Å². The molecule has 6 N–H and O–H groups in total. The number of rotatable bonds is 10. The van der Waals surface area contributed by atoms with Crippen molar-refractivity contribution in [2.45, 2.75) is 69.3 Å². The lowest BCUT2D eigenvalue weighted by molar-refractivity contribution is -0.125. The van der Waals surface area contributed by atoms with Crippen LogP contribution < -0.4 is 31.9 Å². The number of amides is 5. The van der Waals surface area contributed by atoms with Crippen molar-refractivity contribution < 1.29 is 28.7 Å². The number of hydrogen-bond acceptors (Lipinski definition) is 9. The number of aromatic nitrogens is 3. The Kier molecular flexibility index (Phi) is 8.79. The maximum atomic E-state index is 13.6. The molecule has 2 saturated carbocycles. The van der Waals surface area contributed by atoms with Crippen LogP contribution in [0.5, 0.6) is 0 Å². The van der Waals surface area contributed by atoms with Crippen LogP contribution in [0.25, 0.3) is 0 Å². The number of nitrogens with one attached hydrogen (secondary N) is 4. The van der Waals surface area contributed by atoms with Crippen LogP contribution in [-0.4, -0.2) is 68.5 Å². The van der Waals surface area contributed by atoms with Crippen LogP contribution in [-0.2, 0) is 19.9 Å². The van der Waals surface area contributed by atoms with Crippen molar-refractivity contribution in [2.75, 3.05) is 18.0 Å². The number of fused-ring (bicyclic) bond motifs is 1. The predicted molar refractivity (Wildman–Crippen MR) is 178 cm³/mol. The fourth-order valence-electron chi connectivity index (χ4n) is 5.50. The Balaban J connectivity index is 1.06. The average molecular weight is 713 g/mol. The van der Waals surface area contributed by atoms with Crippen LogP contribution in [0.3, 0.4) is 0 Å². The number of benzene rings is 1. The first-order chi connectivity index (χ1) is 23.1. The summed E-state index contributed by atoms with van der Waals surface area (Å²) in [5, 5.41) is 11.8. The number of nitrogens with two attached hydrogens (primary N) is 1. The molecule has 17 heteroatoms. The van der Waals surface area contributed by atoms with Crippen LogP contribution in [0.2, 0.25) is 10.0 Å². The van der Waals surface area contributed by atoms with E-state index < -0.39 is 40.8 Å². The summed E-state index contributed by atoms with van der Waals surface area (Å²) in [6.45, 7) is 5.65. The smallest absolute Gasteiger partial charge is 0.407 e. The molecule has 15 nitrogen and oxygen atoms in total. The topological polar surface area (TPSA) is 203 Å². The second kappa shape index (κ2) is 12.6. The van der Waals surface area contributed by atoms with Gasteiger partial charge in [-0.2, -0.15) is 0 Å². The normalized spacial score (nSPS) is 18.3. The Morgan fingerprint density at radius 2 is 1.61 bits per heavy atom. The minimum absolute atomic E-state index is 0.0165. The number of anilines is 2. The van der Waals surface area contributed by atoms with Crippen LogP contribution in [0.4, 0.5) is 16.4 Å². The Labute approximate surface area is 291 Å². The van der Waals surface area contributed by atoms with Crippen molar-refractivity contribution in [3.8, 4) is 0 Å². The van der Waals surface area contributed by atoms with Crippen molar-refractivity contribution in [3.63, 3.8) is 0 Å².